The normalized spacial score (nSPS) is 14.3. The van der Waals surface area contributed by atoms with Crippen LogP contribution in [0.3, 0.4) is 0 Å². The molecule has 2 aliphatic rings. The number of carbonyl (C=O) groups is 5. The Balaban J connectivity index is 0. The third kappa shape index (κ3) is 12.7. The Kier molecular flexibility index (Phi) is 21.2. The van der Waals surface area contributed by atoms with Crippen molar-refractivity contribution in [2.45, 2.75) is 91.8 Å². The van der Waals surface area contributed by atoms with Crippen LogP contribution < -0.4 is 112 Å². The van der Waals surface area contributed by atoms with Gasteiger partial charge in [0.15, 0.2) is 0 Å². The average molecular weight is 781 g/mol. The third-order valence-corrected chi connectivity index (χ3v) is 13.2. The number of hydrogen-bond donors (Lipinski definition) is 1. The number of ether oxygens (including phenoxy) is 2. The van der Waals surface area contributed by atoms with Crippen molar-refractivity contribution in [1.82, 2.24) is 9.80 Å². The van der Waals surface area contributed by atoms with Crippen molar-refractivity contribution in [2.24, 2.45) is 11.8 Å². The van der Waals surface area contributed by atoms with Crippen LogP contribution in [0.5, 0.6) is 11.5 Å². The fourth-order valence-electron chi connectivity index (χ4n) is 5.33. The predicted molar refractivity (Wildman–Crippen MR) is 182 cm³/mol. The molecule has 0 aliphatic carbocycles. The molecule has 2 amide bonds. The van der Waals surface area contributed by atoms with E-state index in [1.165, 1.54) is 31.3 Å². The number of carbonyl (C=O) groups excluding carboxylic acids is 5. The van der Waals surface area contributed by atoms with Gasteiger partial charge in [-0.3, -0.25) is 14.4 Å². The molecule has 272 valence electrons. The molecular weight excluding hydrogens is 731 g/mol. The summed E-state index contributed by atoms with van der Waals surface area (Å²) < 4.78 is 16.0. The van der Waals surface area contributed by atoms with Crippen LogP contribution in [0.25, 0.3) is 0 Å². The van der Waals surface area contributed by atoms with Crippen LogP contribution in [0.4, 0.5) is 0 Å². The molecule has 0 bridgehead atoms. The monoisotopic (exact) mass is 780 g/mol. The molecule has 0 unspecified atom stereocenters. The Morgan fingerprint density at radius 1 is 0.843 bits per heavy atom. The molecule has 16 heteroatoms. The second-order valence-corrected chi connectivity index (χ2v) is 18.7. The first kappa shape index (κ1) is 49.8. The van der Waals surface area contributed by atoms with Crippen LogP contribution in [0.2, 0.25) is 18.1 Å². The number of amides is 2. The van der Waals surface area contributed by atoms with E-state index in [0.717, 1.165) is 16.9 Å². The molecule has 0 radical (unpaired) electrons. The van der Waals surface area contributed by atoms with Gasteiger partial charge in [-0.05, 0) is 65.4 Å². The van der Waals surface area contributed by atoms with Crippen LogP contribution in [0.15, 0.2) is 36.4 Å². The van der Waals surface area contributed by atoms with E-state index in [-0.39, 0.29) is 151 Å². The first-order chi connectivity index (χ1) is 22.8. The Morgan fingerprint density at radius 2 is 1.24 bits per heavy atom. The minimum Gasteiger partial charge on any atom is -1.00 e. The molecule has 0 spiro atoms. The standard InChI is InChI=1S/C20H31NO4Si.C14H17NO4.CH2O3.2K.H/c1-13(2)17(19(23)24-6)21-12-14-9-10-15(11-16(14)18(21)22)25-26(7,8)20(3,4)5;1-8(2)12(14(18)19-3)15-7-9-4-5-10(16)6-11(9)13(15)17;2-1-4-3;;;/h9-11,13,17H,12H2,1-8H3;4-6,8,12,16H,7H2,1-3H3;1,3H;;;/q;;;2*+1;-1/p-1/t17-;12-;;;;/m00..../s1. The van der Waals surface area contributed by atoms with Crippen molar-refractivity contribution in [1.29, 1.82) is 0 Å². The predicted octanol–water partition coefficient (Wildman–Crippen LogP) is -1.68. The summed E-state index contributed by atoms with van der Waals surface area (Å²) in [7, 11) is 0.695. The average Bonchev–Trinajstić information content (AvgIpc) is 3.51. The van der Waals surface area contributed by atoms with E-state index in [1.807, 2.05) is 45.9 Å². The summed E-state index contributed by atoms with van der Waals surface area (Å²) in [4.78, 5) is 63.6. The molecule has 13 nitrogen and oxygen atoms in total. The van der Waals surface area contributed by atoms with Gasteiger partial charge in [-0.15, -0.1) is 0 Å². The van der Waals surface area contributed by atoms with Crippen LogP contribution in [0, 0.1) is 11.8 Å². The van der Waals surface area contributed by atoms with Gasteiger partial charge in [0, 0.05) is 24.2 Å². The van der Waals surface area contributed by atoms with E-state index in [1.54, 1.807) is 11.0 Å². The number of aromatic hydroxyl groups is 1. The number of benzene rings is 2. The summed E-state index contributed by atoms with van der Waals surface area (Å²) in [5, 5.41) is 18.0. The smallest absolute Gasteiger partial charge is 1.00 e. The first-order valence-corrected chi connectivity index (χ1v) is 18.8. The number of fused-ring (bicyclic) bond motifs is 2. The molecule has 0 saturated carbocycles. The molecule has 4 rings (SSSR count). The molecule has 0 aromatic heterocycles. The van der Waals surface area contributed by atoms with Crippen LogP contribution in [0.1, 0.15) is 81.7 Å². The number of nitrogens with zero attached hydrogens (tertiary/aromatic N) is 2. The van der Waals surface area contributed by atoms with E-state index < -0.39 is 26.4 Å². The molecule has 2 aromatic carbocycles. The minimum atomic E-state index is -1.98. The molecule has 2 aromatic rings. The number of methoxy groups -OCH3 is 2. The van der Waals surface area contributed by atoms with E-state index in [2.05, 4.69) is 38.8 Å². The van der Waals surface area contributed by atoms with Gasteiger partial charge < -0.3 is 40.4 Å². The van der Waals surface area contributed by atoms with Gasteiger partial charge in [-0.25, -0.2) is 9.59 Å². The Hall–Kier alpha value is -1.16. The maximum absolute atomic E-state index is 13.0. The molecule has 2 aliphatic heterocycles. The topological polar surface area (TPSA) is 172 Å². The zero-order chi connectivity index (χ0) is 37.4. The fraction of sp³-hybridized carbons (Fsp3) is 0.514. The summed E-state index contributed by atoms with van der Waals surface area (Å²) in [6.07, 6.45) is 0. The third-order valence-electron chi connectivity index (χ3n) is 8.88. The van der Waals surface area contributed by atoms with Crippen molar-refractivity contribution in [3.8, 4) is 11.5 Å². The second kappa shape index (κ2) is 21.7. The molecule has 0 fully saturated rings. The number of hydrogen-bond acceptors (Lipinski definition) is 11. The van der Waals surface area contributed by atoms with Crippen LogP contribution in [-0.4, -0.2) is 79.8 Å². The van der Waals surface area contributed by atoms with Gasteiger partial charge in [0.1, 0.15) is 23.6 Å². The fourth-order valence-corrected chi connectivity index (χ4v) is 6.36. The second-order valence-electron chi connectivity index (χ2n) is 14.0. The Bertz CT molecular complexity index is 1540. The number of phenolic OH excluding ortho intramolecular Hbond substituents is 1. The van der Waals surface area contributed by atoms with Crippen molar-refractivity contribution >= 4 is 38.5 Å². The summed E-state index contributed by atoms with van der Waals surface area (Å²) in [5.41, 5.74) is 2.81. The Labute approximate surface area is 388 Å². The first-order valence-electron chi connectivity index (χ1n) is 15.9. The van der Waals surface area contributed by atoms with Gasteiger partial charge in [-0.1, -0.05) is 60.6 Å². The molecule has 0 saturated heterocycles. The van der Waals surface area contributed by atoms with E-state index >= 15 is 0 Å². The number of phenols is 1. The molecule has 2 atom stereocenters. The summed E-state index contributed by atoms with van der Waals surface area (Å²) >= 11 is 0. The summed E-state index contributed by atoms with van der Waals surface area (Å²) in [5.74, 6) is -0.458. The SMILES string of the molecule is COC(=O)[C@H](C(C)C)N1Cc2ccc(O)cc2C1=O.COC(=O)[C@H](C(C)C)N1Cc2ccc(O[Si](C)(C)C(C)(C)C)cc2C1=O.O=CO[O-].[H-].[K+].[K+]. The number of rotatable bonds is 9. The van der Waals surface area contributed by atoms with E-state index in [9.17, 15) is 24.3 Å². The van der Waals surface area contributed by atoms with Crippen LogP contribution in [-0.2, 0) is 41.8 Å². The van der Waals surface area contributed by atoms with Gasteiger partial charge >= 0.3 is 115 Å². The van der Waals surface area contributed by atoms with Crippen molar-refractivity contribution in [2.75, 3.05) is 14.2 Å². The van der Waals surface area contributed by atoms with Gasteiger partial charge in [-0.2, -0.15) is 0 Å². The zero-order valence-electron chi connectivity index (χ0n) is 33.2. The van der Waals surface area contributed by atoms with Gasteiger partial charge in [0.05, 0.1) is 14.2 Å². The Morgan fingerprint density at radius 3 is 1.59 bits per heavy atom. The maximum Gasteiger partial charge on any atom is 1.00 e. The van der Waals surface area contributed by atoms with Crippen molar-refractivity contribution in [3.63, 3.8) is 0 Å². The van der Waals surface area contributed by atoms with Crippen molar-refractivity contribution in [3.05, 3.63) is 58.7 Å². The van der Waals surface area contributed by atoms with Gasteiger partial charge in [0.2, 0.25) is 8.32 Å². The molecular formula is C35H50K2N2O11Si. The molecule has 1 N–H and O–H groups in total. The van der Waals surface area contributed by atoms with Gasteiger partial charge in [0.25, 0.3) is 18.3 Å². The quantitative estimate of drug-likeness (QED) is 0.101. The van der Waals surface area contributed by atoms with Crippen LogP contribution >= 0.6 is 0 Å². The molecule has 51 heavy (non-hydrogen) atoms. The minimum absolute atomic E-state index is 0. The summed E-state index contributed by atoms with van der Waals surface area (Å²) in [6, 6.07) is 9.19. The molecule has 2 heterocycles. The maximum atomic E-state index is 13.0. The number of esters is 2. The zero-order valence-corrected chi connectivity index (χ0v) is 39.4. The largest absolute Gasteiger partial charge is 1.00 e. The van der Waals surface area contributed by atoms with E-state index in [4.69, 9.17) is 24.0 Å². The van der Waals surface area contributed by atoms with Crippen molar-refractivity contribution < 1.29 is 157 Å². The summed E-state index contributed by atoms with van der Waals surface area (Å²) in [6.45, 7) is 19.1. The van der Waals surface area contributed by atoms with E-state index in [0.29, 0.717) is 24.2 Å².